The summed E-state index contributed by atoms with van der Waals surface area (Å²) in [7, 11) is 0. The topological polar surface area (TPSA) is 29.0 Å². The van der Waals surface area contributed by atoms with Gasteiger partial charge in [-0.15, -0.1) is 11.3 Å². The van der Waals surface area contributed by atoms with Crippen molar-refractivity contribution in [3.8, 4) is 11.3 Å². The molecule has 41 heavy (non-hydrogen) atoms. The molecule has 2 atom stereocenters. The highest BCUT2D eigenvalue weighted by atomic mass is 32.1. The number of nitrogens with zero attached hydrogens (tertiary/aromatic N) is 3. The van der Waals surface area contributed by atoms with Crippen molar-refractivity contribution in [2.75, 3.05) is 4.90 Å². The fourth-order valence-electron chi connectivity index (χ4n) is 7.57. The Morgan fingerprint density at radius 3 is 2.27 bits per heavy atom. The highest BCUT2D eigenvalue weighted by molar-refractivity contribution is 7.26. The van der Waals surface area contributed by atoms with E-state index in [9.17, 15) is 0 Å². The lowest BCUT2D eigenvalue weighted by atomic mass is 9.75. The molecule has 1 aliphatic heterocycles. The molecule has 2 unspecified atom stereocenters. The van der Waals surface area contributed by atoms with Crippen molar-refractivity contribution >= 4 is 54.0 Å². The Kier molecular flexibility index (Phi) is 4.66. The van der Waals surface area contributed by atoms with E-state index >= 15 is 0 Å². The molecule has 196 valence electrons. The standard InChI is InChI=1S/C37H27N3S/c1-37(2)28-17-9-6-15-25(28)33-31(37)27-21-20-24-23-14-8-11-19-30(23)41-35(24)34(27)40(33)36-38-29-18-10-7-16-26(29)32(39-36)22-12-4-3-5-13-22/h3-21,31,33H,1-2H3. The molecule has 0 saturated heterocycles. The van der Waals surface area contributed by atoms with Crippen LogP contribution in [-0.2, 0) is 5.41 Å². The summed E-state index contributed by atoms with van der Waals surface area (Å²) in [6.07, 6.45) is 0. The first-order valence-electron chi connectivity index (χ1n) is 14.3. The van der Waals surface area contributed by atoms with E-state index in [0.717, 1.165) is 28.1 Å². The molecule has 9 rings (SSSR count). The third kappa shape index (κ3) is 3.08. The van der Waals surface area contributed by atoms with Gasteiger partial charge in [0.2, 0.25) is 5.95 Å². The lowest BCUT2D eigenvalue weighted by molar-refractivity contribution is 0.419. The van der Waals surface area contributed by atoms with Crippen LogP contribution in [0.3, 0.4) is 0 Å². The van der Waals surface area contributed by atoms with E-state index in [1.807, 2.05) is 11.3 Å². The zero-order chi connectivity index (χ0) is 27.3. The first-order valence-corrected chi connectivity index (χ1v) is 15.1. The number of hydrogen-bond acceptors (Lipinski definition) is 4. The summed E-state index contributed by atoms with van der Waals surface area (Å²) in [5, 5.41) is 3.70. The summed E-state index contributed by atoms with van der Waals surface area (Å²) >= 11 is 1.89. The Bertz CT molecular complexity index is 2160. The molecule has 2 aromatic heterocycles. The van der Waals surface area contributed by atoms with Crippen molar-refractivity contribution in [3.63, 3.8) is 0 Å². The van der Waals surface area contributed by atoms with Gasteiger partial charge in [-0.3, -0.25) is 0 Å². The summed E-state index contributed by atoms with van der Waals surface area (Å²) in [5.74, 6) is 1.06. The average molecular weight is 546 g/mol. The molecular formula is C37H27N3S. The minimum absolute atomic E-state index is 0.0335. The van der Waals surface area contributed by atoms with Crippen LogP contribution in [0.4, 0.5) is 11.6 Å². The second-order valence-corrected chi connectivity index (χ2v) is 12.9. The van der Waals surface area contributed by atoms with Crippen LogP contribution >= 0.6 is 11.3 Å². The van der Waals surface area contributed by atoms with Crippen LogP contribution in [0.1, 0.15) is 42.5 Å². The maximum Gasteiger partial charge on any atom is 0.231 e. The quantitative estimate of drug-likeness (QED) is 0.216. The third-order valence-corrected chi connectivity index (χ3v) is 10.5. The van der Waals surface area contributed by atoms with Crippen LogP contribution in [-0.4, -0.2) is 9.97 Å². The molecule has 0 saturated carbocycles. The van der Waals surface area contributed by atoms with Crippen molar-refractivity contribution in [2.24, 2.45) is 0 Å². The minimum atomic E-state index is -0.0335. The van der Waals surface area contributed by atoms with Gasteiger partial charge < -0.3 is 4.90 Å². The Labute approximate surface area is 242 Å². The number of rotatable bonds is 2. The first kappa shape index (κ1) is 23.2. The number of aromatic nitrogens is 2. The number of fused-ring (bicyclic) bond motifs is 10. The van der Waals surface area contributed by atoms with Crippen molar-refractivity contribution in [1.29, 1.82) is 0 Å². The van der Waals surface area contributed by atoms with Crippen molar-refractivity contribution in [2.45, 2.75) is 31.2 Å². The molecule has 1 aliphatic carbocycles. The van der Waals surface area contributed by atoms with Gasteiger partial charge in [-0.25, -0.2) is 9.97 Å². The van der Waals surface area contributed by atoms with Crippen molar-refractivity contribution in [3.05, 3.63) is 132 Å². The Morgan fingerprint density at radius 2 is 1.39 bits per heavy atom. The Morgan fingerprint density at radius 1 is 0.659 bits per heavy atom. The van der Waals surface area contributed by atoms with Gasteiger partial charge in [0.05, 0.1) is 27.6 Å². The van der Waals surface area contributed by atoms with Gasteiger partial charge in [-0.2, -0.15) is 0 Å². The SMILES string of the molecule is CC1(C)c2ccccc2C2C1c1ccc3c(sc4ccccc43)c1N2c1nc(-c2ccccc2)c2ccccc2n1. The molecule has 0 bridgehead atoms. The molecule has 5 aromatic carbocycles. The van der Waals surface area contributed by atoms with Gasteiger partial charge in [0.25, 0.3) is 0 Å². The molecule has 0 spiro atoms. The summed E-state index contributed by atoms with van der Waals surface area (Å²) in [6.45, 7) is 4.82. The van der Waals surface area contributed by atoms with Gasteiger partial charge in [0.1, 0.15) is 0 Å². The molecular weight excluding hydrogens is 518 g/mol. The van der Waals surface area contributed by atoms with Gasteiger partial charge in [-0.05, 0) is 34.2 Å². The number of hydrogen-bond donors (Lipinski definition) is 0. The van der Waals surface area contributed by atoms with Gasteiger partial charge in [0, 0.05) is 32.3 Å². The fraction of sp³-hybridized carbons (Fsp3) is 0.135. The molecule has 3 nitrogen and oxygen atoms in total. The fourth-order valence-corrected chi connectivity index (χ4v) is 8.83. The van der Waals surface area contributed by atoms with E-state index in [-0.39, 0.29) is 11.5 Å². The number of para-hydroxylation sites is 1. The van der Waals surface area contributed by atoms with Crippen LogP contribution in [0.15, 0.2) is 115 Å². The predicted octanol–water partition coefficient (Wildman–Crippen LogP) is 9.93. The van der Waals surface area contributed by atoms with E-state index in [1.54, 1.807) is 0 Å². The second-order valence-electron chi connectivity index (χ2n) is 11.8. The monoisotopic (exact) mass is 545 g/mol. The van der Waals surface area contributed by atoms with E-state index in [4.69, 9.17) is 9.97 Å². The minimum Gasteiger partial charge on any atom is -0.301 e. The summed E-state index contributed by atoms with van der Waals surface area (Å²) in [4.78, 5) is 13.2. The van der Waals surface area contributed by atoms with Crippen LogP contribution in [0, 0.1) is 0 Å². The molecule has 0 N–H and O–H groups in total. The van der Waals surface area contributed by atoms with Crippen LogP contribution in [0.25, 0.3) is 42.3 Å². The lowest BCUT2D eigenvalue weighted by Crippen LogP contribution is -2.26. The molecule has 4 heteroatoms. The highest BCUT2D eigenvalue weighted by Gasteiger charge is 2.55. The zero-order valence-electron chi connectivity index (χ0n) is 22.9. The number of anilines is 2. The van der Waals surface area contributed by atoms with Gasteiger partial charge in [0.15, 0.2) is 0 Å². The lowest BCUT2D eigenvalue weighted by Gasteiger charge is -2.29. The smallest absolute Gasteiger partial charge is 0.231 e. The highest BCUT2D eigenvalue weighted by Crippen LogP contribution is 2.66. The first-order chi connectivity index (χ1) is 20.1. The van der Waals surface area contributed by atoms with Crippen LogP contribution in [0.5, 0.6) is 0 Å². The van der Waals surface area contributed by atoms with Gasteiger partial charge in [-0.1, -0.05) is 117 Å². The maximum absolute atomic E-state index is 5.41. The molecule has 0 radical (unpaired) electrons. The number of benzene rings is 5. The average Bonchev–Trinajstić information content (AvgIpc) is 3.64. The Hall–Kier alpha value is -4.54. The van der Waals surface area contributed by atoms with E-state index < -0.39 is 0 Å². The van der Waals surface area contributed by atoms with Crippen molar-refractivity contribution in [1.82, 2.24) is 9.97 Å². The third-order valence-electron chi connectivity index (χ3n) is 9.33. The maximum atomic E-state index is 5.41. The van der Waals surface area contributed by atoms with E-state index in [1.165, 1.54) is 42.6 Å². The molecule has 0 amide bonds. The predicted molar refractivity (Wildman–Crippen MR) is 171 cm³/mol. The van der Waals surface area contributed by atoms with Crippen molar-refractivity contribution < 1.29 is 0 Å². The van der Waals surface area contributed by atoms with E-state index in [0.29, 0.717) is 5.92 Å². The molecule has 2 aliphatic rings. The van der Waals surface area contributed by atoms with E-state index in [2.05, 4.69) is 134 Å². The summed E-state index contributed by atoms with van der Waals surface area (Å²) in [6, 6.07) is 41.6. The molecule has 3 heterocycles. The zero-order valence-corrected chi connectivity index (χ0v) is 23.7. The van der Waals surface area contributed by atoms with Crippen LogP contribution in [0.2, 0.25) is 0 Å². The van der Waals surface area contributed by atoms with Gasteiger partial charge >= 0.3 is 0 Å². The molecule has 7 aromatic rings. The molecule has 0 fully saturated rings. The van der Waals surface area contributed by atoms with Crippen LogP contribution < -0.4 is 4.90 Å². The summed E-state index contributed by atoms with van der Waals surface area (Å²) < 4.78 is 2.64. The normalized spacial score (nSPS) is 18.6. The second kappa shape index (κ2) is 8.25. The largest absolute Gasteiger partial charge is 0.301 e. The summed E-state index contributed by atoms with van der Waals surface area (Å²) in [5.41, 5.74) is 8.49. The number of thiophene rings is 1. The Balaban J connectivity index is 1.40.